The van der Waals surface area contributed by atoms with Crippen LogP contribution < -0.4 is 4.74 Å². The van der Waals surface area contributed by atoms with E-state index in [0.717, 1.165) is 15.9 Å². The van der Waals surface area contributed by atoms with Crippen LogP contribution in [0.25, 0.3) is 0 Å². The van der Waals surface area contributed by atoms with Crippen LogP contribution in [0.2, 0.25) is 0 Å². The number of nitrogens with zero attached hydrogens (tertiary/aromatic N) is 1. The fourth-order valence-electron chi connectivity index (χ4n) is 0.976. The number of ether oxygens (including phenoxy) is 1. The van der Waals surface area contributed by atoms with Gasteiger partial charge in [0.05, 0.1) is 0 Å². The Morgan fingerprint density at radius 2 is 2.36 bits per heavy atom. The third-order valence-corrected chi connectivity index (χ3v) is 1.96. The van der Waals surface area contributed by atoms with Gasteiger partial charge in [0.1, 0.15) is 18.0 Å². The van der Waals surface area contributed by atoms with Crippen molar-refractivity contribution in [3.63, 3.8) is 0 Å². The minimum atomic E-state index is 0.578. The first kappa shape index (κ1) is 6.85. The summed E-state index contributed by atoms with van der Waals surface area (Å²) in [5.41, 5.74) is 0.894. The quantitative estimate of drug-likeness (QED) is 0.647. The van der Waals surface area contributed by atoms with E-state index in [-0.39, 0.29) is 0 Å². The second-order valence-electron chi connectivity index (χ2n) is 2.23. The Balaban J connectivity index is 2.54. The summed E-state index contributed by atoms with van der Waals surface area (Å²) in [6, 6.07) is 5.79. The Labute approximate surface area is 73.0 Å². The summed E-state index contributed by atoms with van der Waals surface area (Å²) in [6.07, 6.45) is 1.76. The van der Waals surface area contributed by atoms with Gasteiger partial charge in [-0.2, -0.15) is 0 Å². The molecule has 0 fully saturated rings. The van der Waals surface area contributed by atoms with E-state index in [1.807, 2.05) is 18.2 Å². The average molecular weight is 212 g/mol. The maximum absolute atomic E-state index is 5.31. The molecular weight excluding hydrogens is 206 g/mol. The molecule has 0 spiro atoms. The van der Waals surface area contributed by atoms with Crippen LogP contribution in [0.5, 0.6) is 5.75 Å². The van der Waals surface area contributed by atoms with E-state index < -0.39 is 0 Å². The van der Waals surface area contributed by atoms with Crippen LogP contribution in [-0.4, -0.2) is 12.8 Å². The van der Waals surface area contributed by atoms with Crippen molar-refractivity contribution in [2.24, 2.45) is 4.99 Å². The summed E-state index contributed by atoms with van der Waals surface area (Å²) in [6.45, 7) is 0.578. The highest BCUT2D eigenvalue weighted by Crippen LogP contribution is 2.31. The zero-order valence-corrected chi connectivity index (χ0v) is 7.34. The average Bonchev–Trinajstić information content (AvgIpc) is 2.04. The minimum absolute atomic E-state index is 0.578. The fraction of sp³-hybridized carbons (Fsp3) is 0.125. The Bertz CT molecular complexity index is 309. The molecule has 3 heteroatoms. The number of rotatable bonds is 0. The van der Waals surface area contributed by atoms with Gasteiger partial charge in [0.2, 0.25) is 0 Å². The summed E-state index contributed by atoms with van der Waals surface area (Å²) in [7, 11) is 0. The number of hydrogen-bond donors (Lipinski definition) is 0. The molecule has 0 atom stereocenters. The maximum atomic E-state index is 5.31. The molecule has 0 unspecified atom stereocenters. The summed E-state index contributed by atoms with van der Waals surface area (Å²) >= 11 is 3.36. The monoisotopic (exact) mass is 211 g/mol. The summed E-state index contributed by atoms with van der Waals surface area (Å²) < 4.78 is 6.34. The summed E-state index contributed by atoms with van der Waals surface area (Å²) in [5, 5.41) is 0. The van der Waals surface area contributed by atoms with Gasteiger partial charge in [-0.3, -0.25) is 4.99 Å². The molecule has 2 rings (SSSR count). The molecule has 56 valence electrons. The van der Waals surface area contributed by atoms with E-state index in [9.17, 15) is 0 Å². The van der Waals surface area contributed by atoms with E-state index in [1.54, 1.807) is 6.21 Å². The Kier molecular flexibility index (Phi) is 1.66. The molecule has 0 saturated heterocycles. The third kappa shape index (κ3) is 1.28. The normalized spacial score (nSPS) is 13.9. The lowest BCUT2D eigenvalue weighted by molar-refractivity contribution is 0.377. The lowest BCUT2D eigenvalue weighted by atomic mass is 10.3. The van der Waals surface area contributed by atoms with Crippen molar-refractivity contribution in [3.05, 3.63) is 22.7 Å². The zero-order chi connectivity index (χ0) is 7.68. The van der Waals surface area contributed by atoms with Crippen molar-refractivity contribution >= 4 is 27.8 Å². The predicted octanol–water partition coefficient (Wildman–Crippen LogP) is 2.54. The molecule has 1 aliphatic heterocycles. The van der Waals surface area contributed by atoms with E-state index in [1.165, 1.54) is 0 Å². The van der Waals surface area contributed by atoms with E-state index in [0.29, 0.717) is 6.61 Å². The van der Waals surface area contributed by atoms with Crippen molar-refractivity contribution in [2.45, 2.75) is 0 Å². The Morgan fingerprint density at radius 1 is 1.45 bits per heavy atom. The van der Waals surface area contributed by atoms with Crippen molar-refractivity contribution in [1.29, 1.82) is 0 Å². The van der Waals surface area contributed by atoms with Crippen LogP contribution in [-0.2, 0) is 0 Å². The highest BCUT2D eigenvalue weighted by molar-refractivity contribution is 9.10. The number of aliphatic imine (C=N–C) groups is 1. The number of benzene rings is 1. The van der Waals surface area contributed by atoms with Gasteiger partial charge >= 0.3 is 0 Å². The Morgan fingerprint density at radius 3 is 3.27 bits per heavy atom. The van der Waals surface area contributed by atoms with Gasteiger partial charge in [-0.05, 0) is 18.2 Å². The molecule has 0 bridgehead atoms. The molecule has 1 aromatic carbocycles. The molecular formula is C8H6BrNO. The first-order chi connectivity index (χ1) is 5.36. The molecule has 1 heterocycles. The number of fused-ring (bicyclic) bond motifs is 1. The van der Waals surface area contributed by atoms with Crippen LogP contribution in [0.3, 0.4) is 0 Å². The van der Waals surface area contributed by atoms with Gasteiger partial charge in [0.15, 0.2) is 0 Å². The third-order valence-electron chi connectivity index (χ3n) is 1.46. The van der Waals surface area contributed by atoms with Gasteiger partial charge in [-0.1, -0.05) is 15.9 Å². The van der Waals surface area contributed by atoms with Crippen LogP contribution in [0.1, 0.15) is 0 Å². The van der Waals surface area contributed by atoms with Crippen LogP contribution in [0, 0.1) is 0 Å². The van der Waals surface area contributed by atoms with E-state index in [4.69, 9.17) is 4.74 Å². The molecule has 2 nitrogen and oxygen atoms in total. The first-order valence-electron chi connectivity index (χ1n) is 3.31. The lowest BCUT2D eigenvalue weighted by Gasteiger charge is -2.10. The largest absolute Gasteiger partial charge is 0.486 e. The standard InChI is InChI=1S/C8H6BrNO/c9-6-1-2-8-7(5-6)10-3-4-11-8/h1-3,5H,4H2. The van der Waals surface area contributed by atoms with E-state index >= 15 is 0 Å². The molecule has 0 N–H and O–H groups in total. The number of hydrogen-bond acceptors (Lipinski definition) is 2. The van der Waals surface area contributed by atoms with Crippen LogP contribution in [0.15, 0.2) is 27.7 Å². The highest BCUT2D eigenvalue weighted by Gasteiger charge is 2.05. The van der Waals surface area contributed by atoms with Crippen molar-refractivity contribution < 1.29 is 4.74 Å². The molecule has 0 aliphatic carbocycles. The number of halogens is 1. The van der Waals surface area contributed by atoms with E-state index in [2.05, 4.69) is 20.9 Å². The zero-order valence-electron chi connectivity index (χ0n) is 5.75. The van der Waals surface area contributed by atoms with Gasteiger partial charge in [-0.15, -0.1) is 0 Å². The van der Waals surface area contributed by atoms with Crippen LogP contribution in [0.4, 0.5) is 5.69 Å². The van der Waals surface area contributed by atoms with Crippen molar-refractivity contribution in [3.8, 4) is 5.75 Å². The molecule has 0 amide bonds. The SMILES string of the molecule is Brc1ccc2c(c1)N=CCO2. The van der Waals surface area contributed by atoms with Gasteiger partial charge in [0, 0.05) is 10.7 Å². The van der Waals surface area contributed by atoms with Crippen molar-refractivity contribution in [1.82, 2.24) is 0 Å². The molecule has 0 radical (unpaired) electrons. The first-order valence-corrected chi connectivity index (χ1v) is 4.10. The second kappa shape index (κ2) is 2.66. The molecule has 1 aromatic rings. The minimum Gasteiger partial charge on any atom is -0.486 e. The topological polar surface area (TPSA) is 21.6 Å². The summed E-state index contributed by atoms with van der Waals surface area (Å²) in [4.78, 5) is 4.17. The van der Waals surface area contributed by atoms with Crippen molar-refractivity contribution in [2.75, 3.05) is 6.61 Å². The predicted molar refractivity (Wildman–Crippen MR) is 47.8 cm³/mol. The van der Waals surface area contributed by atoms with Gasteiger partial charge < -0.3 is 4.74 Å². The maximum Gasteiger partial charge on any atom is 0.145 e. The second-order valence-corrected chi connectivity index (χ2v) is 3.15. The smallest absolute Gasteiger partial charge is 0.145 e. The van der Waals surface area contributed by atoms with Gasteiger partial charge in [0.25, 0.3) is 0 Å². The van der Waals surface area contributed by atoms with Gasteiger partial charge in [-0.25, -0.2) is 0 Å². The molecule has 0 saturated carbocycles. The fourth-order valence-corrected chi connectivity index (χ4v) is 1.33. The van der Waals surface area contributed by atoms with Crippen LogP contribution >= 0.6 is 15.9 Å². The molecule has 0 aromatic heterocycles. The Hall–Kier alpha value is -0.830. The molecule has 11 heavy (non-hydrogen) atoms. The summed E-state index contributed by atoms with van der Waals surface area (Å²) in [5.74, 6) is 0.857. The lowest BCUT2D eigenvalue weighted by Crippen LogP contribution is -2.02. The highest BCUT2D eigenvalue weighted by atomic mass is 79.9. The molecule has 1 aliphatic rings.